The maximum atomic E-state index is 10.9. The molecule has 3 nitrogen and oxygen atoms in total. The second kappa shape index (κ2) is 5.35. The summed E-state index contributed by atoms with van der Waals surface area (Å²) in [5.41, 5.74) is -0.254. The smallest absolute Gasteiger partial charge is 0.135 e. The molecule has 0 aromatic rings. The van der Waals surface area contributed by atoms with Gasteiger partial charge in [-0.25, -0.2) is 0 Å². The van der Waals surface area contributed by atoms with E-state index in [1.807, 2.05) is 20.8 Å². The molecular weight excluding hydrogens is 168 g/mol. The number of Topliss-reactive ketones (excluding diaryl/α,β-unsaturated/α-hetero) is 1. The lowest BCUT2D eigenvalue weighted by molar-refractivity contribution is -0.122. The molecule has 1 atom stereocenters. The number of hydrogen-bond donors (Lipinski definition) is 1. The molecule has 0 radical (unpaired) electrons. The number of hydrogen-bond acceptors (Lipinski definition) is 3. The van der Waals surface area contributed by atoms with Crippen molar-refractivity contribution < 1.29 is 14.6 Å². The molecule has 0 aromatic carbocycles. The predicted octanol–water partition coefficient (Wildman–Crippen LogP) is 1.53. The van der Waals surface area contributed by atoms with E-state index in [1.54, 1.807) is 6.92 Å². The predicted molar refractivity (Wildman–Crippen MR) is 51.6 cm³/mol. The molecule has 3 heteroatoms. The number of rotatable bonds is 5. The molecule has 0 heterocycles. The molecule has 78 valence electrons. The Bertz CT molecular complexity index is 158. The minimum Gasteiger partial charge on any atom is -0.390 e. The van der Waals surface area contributed by atoms with Crippen molar-refractivity contribution in [2.45, 2.75) is 52.2 Å². The Morgan fingerprint density at radius 2 is 2.00 bits per heavy atom. The fourth-order valence-corrected chi connectivity index (χ4v) is 0.812. The lowest BCUT2D eigenvalue weighted by Crippen LogP contribution is -2.27. The van der Waals surface area contributed by atoms with E-state index in [2.05, 4.69) is 0 Å². The second-order valence-corrected chi connectivity index (χ2v) is 4.17. The quantitative estimate of drug-likeness (QED) is 0.711. The number of aliphatic hydroxyl groups is 1. The van der Waals surface area contributed by atoms with Crippen molar-refractivity contribution in [1.82, 2.24) is 0 Å². The molecule has 0 saturated carbocycles. The van der Waals surface area contributed by atoms with Gasteiger partial charge in [0.15, 0.2) is 0 Å². The number of ketones is 1. The standard InChI is InChI=1S/C10H20O3/c1-5-8(11)6-9(12)7-13-10(2,3)4/h9,12H,5-7H2,1-4H3/t9-/m0/s1. The van der Waals surface area contributed by atoms with Crippen molar-refractivity contribution in [3.05, 3.63) is 0 Å². The summed E-state index contributed by atoms with van der Waals surface area (Å²) >= 11 is 0. The topological polar surface area (TPSA) is 46.5 Å². The van der Waals surface area contributed by atoms with Crippen LogP contribution in [0.5, 0.6) is 0 Å². The SMILES string of the molecule is CCC(=O)C[C@H](O)COC(C)(C)C. The lowest BCUT2D eigenvalue weighted by Gasteiger charge is -2.21. The van der Waals surface area contributed by atoms with E-state index >= 15 is 0 Å². The van der Waals surface area contributed by atoms with Crippen LogP contribution in [0.4, 0.5) is 0 Å². The molecule has 0 aromatic heterocycles. The largest absolute Gasteiger partial charge is 0.390 e. The molecule has 0 saturated heterocycles. The van der Waals surface area contributed by atoms with Gasteiger partial charge in [0.2, 0.25) is 0 Å². The maximum absolute atomic E-state index is 10.9. The van der Waals surface area contributed by atoms with Gasteiger partial charge in [-0.3, -0.25) is 4.79 Å². The fraction of sp³-hybridized carbons (Fsp3) is 0.900. The Labute approximate surface area is 80.1 Å². The van der Waals surface area contributed by atoms with E-state index in [0.29, 0.717) is 6.42 Å². The highest BCUT2D eigenvalue weighted by atomic mass is 16.5. The van der Waals surface area contributed by atoms with Gasteiger partial charge in [0.25, 0.3) is 0 Å². The number of aliphatic hydroxyl groups excluding tert-OH is 1. The van der Waals surface area contributed by atoms with Crippen LogP contribution in [0.25, 0.3) is 0 Å². The monoisotopic (exact) mass is 188 g/mol. The Hall–Kier alpha value is -0.410. The van der Waals surface area contributed by atoms with Crippen LogP contribution in [-0.2, 0) is 9.53 Å². The van der Waals surface area contributed by atoms with Gasteiger partial charge in [0, 0.05) is 12.8 Å². The van der Waals surface area contributed by atoms with Crippen LogP contribution in [0, 0.1) is 0 Å². The van der Waals surface area contributed by atoms with Crippen LogP contribution < -0.4 is 0 Å². The summed E-state index contributed by atoms with van der Waals surface area (Å²) in [6.07, 6.45) is 0.0192. The molecule has 0 amide bonds. The van der Waals surface area contributed by atoms with Crippen LogP contribution in [0.15, 0.2) is 0 Å². The highest BCUT2D eigenvalue weighted by Gasteiger charge is 2.15. The molecule has 0 bridgehead atoms. The fourth-order valence-electron chi connectivity index (χ4n) is 0.812. The third kappa shape index (κ3) is 7.94. The Morgan fingerprint density at radius 1 is 1.46 bits per heavy atom. The van der Waals surface area contributed by atoms with Crippen molar-refractivity contribution in [1.29, 1.82) is 0 Å². The van der Waals surface area contributed by atoms with Crippen LogP contribution in [0.3, 0.4) is 0 Å². The first kappa shape index (κ1) is 12.6. The minimum absolute atomic E-state index is 0.0741. The van der Waals surface area contributed by atoms with E-state index in [1.165, 1.54) is 0 Å². The summed E-state index contributed by atoms with van der Waals surface area (Å²) in [4.78, 5) is 10.9. The van der Waals surface area contributed by atoms with Crippen molar-refractivity contribution in [3.63, 3.8) is 0 Å². The minimum atomic E-state index is -0.660. The molecule has 0 unspecified atom stereocenters. The number of ether oxygens (including phenoxy) is 1. The van der Waals surface area contributed by atoms with Gasteiger partial charge in [-0.1, -0.05) is 6.92 Å². The molecule has 0 aliphatic carbocycles. The highest BCUT2D eigenvalue weighted by Crippen LogP contribution is 2.08. The summed E-state index contributed by atoms with van der Waals surface area (Å²) < 4.78 is 5.33. The zero-order chi connectivity index (χ0) is 10.5. The summed E-state index contributed by atoms with van der Waals surface area (Å²) in [6, 6.07) is 0. The molecule has 0 aliphatic rings. The van der Waals surface area contributed by atoms with Gasteiger partial charge in [-0.2, -0.15) is 0 Å². The summed E-state index contributed by atoms with van der Waals surface area (Å²) in [6.45, 7) is 7.78. The first-order chi connectivity index (χ1) is 5.85. The summed E-state index contributed by atoms with van der Waals surface area (Å²) in [5.74, 6) is 0.0741. The van der Waals surface area contributed by atoms with E-state index in [0.717, 1.165) is 0 Å². The van der Waals surface area contributed by atoms with Crippen LogP contribution in [0.1, 0.15) is 40.5 Å². The molecule has 0 rings (SSSR count). The average molecular weight is 188 g/mol. The molecular formula is C10H20O3. The van der Waals surface area contributed by atoms with Gasteiger partial charge in [-0.15, -0.1) is 0 Å². The van der Waals surface area contributed by atoms with Gasteiger partial charge in [0.05, 0.1) is 18.3 Å². The zero-order valence-corrected chi connectivity index (χ0v) is 8.96. The van der Waals surface area contributed by atoms with Crippen molar-refractivity contribution >= 4 is 5.78 Å². The van der Waals surface area contributed by atoms with Gasteiger partial charge in [-0.05, 0) is 20.8 Å². The molecule has 0 fully saturated rings. The Morgan fingerprint density at radius 3 is 2.38 bits per heavy atom. The van der Waals surface area contributed by atoms with Crippen molar-refractivity contribution in [2.24, 2.45) is 0 Å². The van der Waals surface area contributed by atoms with E-state index in [4.69, 9.17) is 4.74 Å². The van der Waals surface area contributed by atoms with E-state index < -0.39 is 6.10 Å². The van der Waals surface area contributed by atoms with Gasteiger partial charge >= 0.3 is 0 Å². The Kier molecular flexibility index (Phi) is 5.18. The van der Waals surface area contributed by atoms with Crippen molar-refractivity contribution in [3.8, 4) is 0 Å². The van der Waals surface area contributed by atoms with Crippen LogP contribution >= 0.6 is 0 Å². The zero-order valence-electron chi connectivity index (χ0n) is 8.96. The average Bonchev–Trinajstić information content (AvgIpc) is 1.99. The van der Waals surface area contributed by atoms with Gasteiger partial charge < -0.3 is 9.84 Å². The first-order valence-electron chi connectivity index (χ1n) is 4.69. The number of carbonyl (C=O) groups excluding carboxylic acids is 1. The van der Waals surface area contributed by atoms with Crippen LogP contribution in [0.2, 0.25) is 0 Å². The third-order valence-corrected chi connectivity index (χ3v) is 1.57. The van der Waals surface area contributed by atoms with Crippen LogP contribution in [-0.4, -0.2) is 29.2 Å². The Balaban J connectivity index is 3.63. The molecule has 1 N–H and O–H groups in total. The second-order valence-electron chi connectivity index (χ2n) is 4.17. The molecule has 0 aliphatic heterocycles. The highest BCUT2D eigenvalue weighted by molar-refractivity contribution is 5.78. The third-order valence-electron chi connectivity index (χ3n) is 1.57. The summed E-state index contributed by atoms with van der Waals surface area (Å²) in [5, 5.41) is 9.37. The normalized spacial score (nSPS) is 14.2. The molecule has 0 spiro atoms. The molecule has 13 heavy (non-hydrogen) atoms. The van der Waals surface area contributed by atoms with Crippen molar-refractivity contribution in [2.75, 3.05) is 6.61 Å². The number of carbonyl (C=O) groups is 1. The first-order valence-corrected chi connectivity index (χ1v) is 4.69. The van der Waals surface area contributed by atoms with Gasteiger partial charge in [0.1, 0.15) is 5.78 Å². The summed E-state index contributed by atoms with van der Waals surface area (Å²) in [7, 11) is 0. The van der Waals surface area contributed by atoms with E-state index in [9.17, 15) is 9.90 Å². The van der Waals surface area contributed by atoms with E-state index in [-0.39, 0.29) is 24.4 Å². The lowest BCUT2D eigenvalue weighted by atomic mass is 10.1. The maximum Gasteiger partial charge on any atom is 0.135 e.